The summed E-state index contributed by atoms with van der Waals surface area (Å²) in [6.45, 7) is 1.81. The van der Waals surface area contributed by atoms with Gasteiger partial charge in [0.15, 0.2) is 11.5 Å². The van der Waals surface area contributed by atoms with E-state index in [4.69, 9.17) is 10.5 Å². The van der Waals surface area contributed by atoms with Crippen LogP contribution in [0.15, 0.2) is 18.2 Å². The minimum Gasteiger partial charge on any atom is -0.504 e. The number of phenols is 1. The predicted octanol–water partition coefficient (Wildman–Crippen LogP) is 1.69. The molecule has 2 rings (SSSR count). The summed E-state index contributed by atoms with van der Waals surface area (Å²) in [7, 11) is 3.28. The van der Waals surface area contributed by atoms with Crippen LogP contribution in [0.25, 0.3) is 11.3 Å². The molecule has 2 aromatic rings. The van der Waals surface area contributed by atoms with Crippen molar-refractivity contribution in [3.63, 3.8) is 0 Å². The molecule has 17 heavy (non-hydrogen) atoms. The van der Waals surface area contributed by atoms with Crippen molar-refractivity contribution in [1.29, 1.82) is 0 Å². The molecule has 5 heteroatoms. The molecule has 1 aromatic heterocycles. The van der Waals surface area contributed by atoms with E-state index in [0.717, 1.165) is 11.1 Å². The van der Waals surface area contributed by atoms with E-state index in [9.17, 15) is 5.11 Å². The number of methoxy groups -OCH3 is 1. The van der Waals surface area contributed by atoms with Crippen LogP contribution in [0, 0.1) is 6.92 Å². The fourth-order valence-electron chi connectivity index (χ4n) is 1.69. The van der Waals surface area contributed by atoms with Crippen molar-refractivity contribution in [3.8, 4) is 22.8 Å². The molecule has 0 fully saturated rings. The molecule has 0 unspecified atom stereocenters. The third kappa shape index (κ3) is 1.80. The largest absolute Gasteiger partial charge is 0.504 e. The van der Waals surface area contributed by atoms with Gasteiger partial charge in [0, 0.05) is 18.7 Å². The number of phenolic OH excluding ortho intramolecular Hbond substituents is 1. The van der Waals surface area contributed by atoms with E-state index in [1.165, 1.54) is 7.11 Å². The molecule has 1 aromatic carbocycles. The molecule has 0 radical (unpaired) electrons. The Morgan fingerprint density at radius 2 is 2.12 bits per heavy atom. The quantitative estimate of drug-likeness (QED) is 0.827. The highest BCUT2D eigenvalue weighted by molar-refractivity contribution is 5.73. The van der Waals surface area contributed by atoms with Crippen LogP contribution < -0.4 is 10.5 Å². The fourth-order valence-corrected chi connectivity index (χ4v) is 1.69. The SMILES string of the molecule is COc1c(-c2cc(N)n(C)n2)ccc(C)c1O. The maximum Gasteiger partial charge on any atom is 0.170 e. The topological polar surface area (TPSA) is 73.3 Å². The van der Waals surface area contributed by atoms with Crippen LogP contribution in [-0.2, 0) is 7.05 Å². The molecular weight excluding hydrogens is 218 g/mol. The normalized spacial score (nSPS) is 10.5. The number of anilines is 1. The zero-order chi connectivity index (χ0) is 12.6. The summed E-state index contributed by atoms with van der Waals surface area (Å²) in [5, 5.41) is 14.2. The molecule has 0 bridgehead atoms. The number of hydrogen-bond donors (Lipinski definition) is 2. The molecule has 5 nitrogen and oxygen atoms in total. The van der Waals surface area contributed by atoms with Crippen molar-refractivity contribution in [2.24, 2.45) is 7.05 Å². The summed E-state index contributed by atoms with van der Waals surface area (Å²) >= 11 is 0. The summed E-state index contributed by atoms with van der Waals surface area (Å²) in [5.74, 6) is 1.11. The van der Waals surface area contributed by atoms with Crippen molar-refractivity contribution >= 4 is 5.82 Å². The van der Waals surface area contributed by atoms with Gasteiger partial charge in [-0.2, -0.15) is 5.10 Å². The highest BCUT2D eigenvalue weighted by Crippen LogP contribution is 2.39. The molecule has 0 aliphatic rings. The second-order valence-electron chi connectivity index (χ2n) is 3.89. The van der Waals surface area contributed by atoms with Crippen LogP contribution in [0.3, 0.4) is 0 Å². The molecule has 3 N–H and O–H groups in total. The first-order valence-electron chi connectivity index (χ1n) is 5.21. The van der Waals surface area contributed by atoms with Crippen LogP contribution in [-0.4, -0.2) is 22.0 Å². The third-order valence-corrected chi connectivity index (χ3v) is 2.73. The average molecular weight is 233 g/mol. The van der Waals surface area contributed by atoms with Crippen molar-refractivity contribution in [1.82, 2.24) is 9.78 Å². The van der Waals surface area contributed by atoms with Crippen LogP contribution in [0.1, 0.15) is 5.56 Å². The van der Waals surface area contributed by atoms with E-state index in [2.05, 4.69) is 5.10 Å². The van der Waals surface area contributed by atoms with E-state index in [1.54, 1.807) is 17.8 Å². The highest BCUT2D eigenvalue weighted by Gasteiger charge is 2.15. The lowest BCUT2D eigenvalue weighted by Gasteiger charge is -2.10. The average Bonchev–Trinajstić information content (AvgIpc) is 2.62. The molecule has 0 aliphatic heterocycles. The van der Waals surface area contributed by atoms with Gasteiger partial charge in [-0.05, 0) is 18.6 Å². The van der Waals surface area contributed by atoms with Gasteiger partial charge in [-0.25, -0.2) is 0 Å². The predicted molar refractivity (Wildman–Crippen MR) is 66.0 cm³/mol. The van der Waals surface area contributed by atoms with Gasteiger partial charge in [-0.15, -0.1) is 0 Å². The van der Waals surface area contributed by atoms with E-state index < -0.39 is 0 Å². The van der Waals surface area contributed by atoms with Gasteiger partial charge >= 0.3 is 0 Å². The molecule has 0 spiro atoms. The molecule has 0 aliphatic carbocycles. The first-order chi connectivity index (χ1) is 8.04. The second-order valence-corrected chi connectivity index (χ2v) is 3.89. The van der Waals surface area contributed by atoms with E-state index in [1.807, 2.05) is 19.1 Å². The minimum absolute atomic E-state index is 0.134. The van der Waals surface area contributed by atoms with E-state index in [0.29, 0.717) is 17.3 Å². The maximum atomic E-state index is 9.92. The lowest BCUT2D eigenvalue weighted by Crippen LogP contribution is -1.97. The van der Waals surface area contributed by atoms with Crippen LogP contribution >= 0.6 is 0 Å². The molecule has 0 amide bonds. The van der Waals surface area contributed by atoms with Crippen molar-refractivity contribution in [2.75, 3.05) is 12.8 Å². The number of nitrogens with two attached hydrogens (primary N) is 1. The van der Waals surface area contributed by atoms with Gasteiger partial charge in [0.05, 0.1) is 12.8 Å². The Bertz CT molecular complexity index is 542. The van der Waals surface area contributed by atoms with Crippen LogP contribution in [0.4, 0.5) is 5.82 Å². The summed E-state index contributed by atoms with van der Waals surface area (Å²) in [6, 6.07) is 5.42. The molecule has 90 valence electrons. The van der Waals surface area contributed by atoms with Gasteiger partial charge < -0.3 is 15.6 Å². The third-order valence-electron chi connectivity index (χ3n) is 2.73. The zero-order valence-corrected chi connectivity index (χ0v) is 10.1. The lowest BCUT2D eigenvalue weighted by atomic mass is 10.1. The number of aryl methyl sites for hydroxylation is 2. The summed E-state index contributed by atoms with van der Waals surface area (Å²) in [4.78, 5) is 0. The number of nitrogens with zero attached hydrogens (tertiary/aromatic N) is 2. The smallest absolute Gasteiger partial charge is 0.170 e. The summed E-state index contributed by atoms with van der Waals surface area (Å²) in [6.07, 6.45) is 0. The number of aromatic nitrogens is 2. The zero-order valence-electron chi connectivity index (χ0n) is 10.1. The number of hydrogen-bond acceptors (Lipinski definition) is 4. The van der Waals surface area contributed by atoms with Gasteiger partial charge in [0.2, 0.25) is 0 Å². The van der Waals surface area contributed by atoms with E-state index in [-0.39, 0.29) is 5.75 Å². The van der Waals surface area contributed by atoms with Crippen LogP contribution in [0.5, 0.6) is 11.5 Å². The van der Waals surface area contributed by atoms with Gasteiger partial charge in [0.25, 0.3) is 0 Å². The number of nitrogen functional groups attached to an aromatic ring is 1. The Labute approximate surface area is 99.4 Å². The monoisotopic (exact) mass is 233 g/mol. The Morgan fingerprint density at radius 1 is 1.41 bits per heavy atom. The highest BCUT2D eigenvalue weighted by atomic mass is 16.5. The summed E-state index contributed by atoms with van der Waals surface area (Å²) < 4.78 is 6.80. The molecule has 1 heterocycles. The minimum atomic E-state index is 0.134. The first kappa shape index (κ1) is 11.3. The Kier molecular flexibility index (Phi) is 2.67. The fraction of sp³-hybridized carbons (Fsp3) is 0.250. The van der Waals surface area contributed by atoms with Gasteiger partial charge in [-0.1, -0.05) is 6.07 Å². The Balaban J connectivity index is 2.63. The van der Waals surface area contributed by atoms with Crippen molar-refractivity contribution in [3.05, 3.63) is 23.8 Å². The molecule has 0 saturated carbocycles. The lowest BCUT2D eigenvalue weighted by molar-refractivity contribution is 0.373. The van der Waals surface area contributed by atoms with E-state index >= 15 is 0 Å². The van der Waals surface area contributed by atoms with Crippen molar-refractivity contribution in [2.45, 2.75) is 6.92 Å². The second kappa shape index (κ2) is 4.01. The van der Waals surface area contributed by atoms with Gasteiger partial charge in [0.1, 0.15) is 5.82 Å². The maximum absolute atomic E-state index is 9.92. The first-order valence-corrected chi connectivity index (χ1v) is 5.21. The number of benzene rings is 1. The van der Waals surface area contributed by atoms with Gasteiger partial charge in [-0.3, -0.25) is 4.68 Å². The number of aromatic hydroxyl groups is 1. The Morgan fingerprint density at radius 3 is 2.65 bits per heavy atom. The number of ether oxygens (including phenoxy) is 1. The van der Waals surface area contributed by atoms with Crippen LogP contribution in [0.2, 0.25) is 0 Å². The molecule has 0 saturated heterocycles. The Hall–Kier alpha value is -2.17. The summed E-state index contributed by atoms with van der Waals surface area (Å²) in [5.41, 5.74) is 7.90. The molecular formula is C12H15N3O2. The number of rotatable bonds is 2. The standard InChI is InChI=1S/C12H15N3O2/c1-7-4-5-8(12(17-3)11(7)16)9-6-10(13)15(2)14-9/h4-6,16H,13H2,1-3H3. The van der Waals surface area contributed by atoms with Crippen molar-refractivity contribution < 1.29 is 9.84 Å². The molecule has 0 atom stereocenters.